The van der Waals surface area contributed by atoms with Gasteiger partial charge in [-0.2, -0.15) is 0 Å². The van der Waals surface area contributed by atoms with E-state index in [-0.39, 0.29) is 17.1 Å². The van der Waals surface area contributed by atoms with Crippen molar-refractivity contribution in [2.75, 3.05) is 5.75 Å². The Balaban J connectivity index is 2.23. The number of hydrogen-bond acceptors (Lipinski definition) is 2. The first-order valence-corrected chi connectivity index (χ1v) is 7.38. The number of halogens is 1. The van der Waals surface area contributed by atoms with Crippen molar-refractivity contribution in [3.63, 3.8) is 0 Å². The van der Waals surface area contributed by atoms with Crippen molar-refractivity contribution in [3.8, 4) is 0 Å². The molecule has 4 heteroatoms. The average molecular weight is 255 g/mol. The van der Waals surface area contributed by atoms with Crippen LogP contribution in [0.4, 0.5) is 4.39 Å². The Morgan fingerprint density at radius 1 is 1.41 bits per heavy atom. The first-order valence-electron chi connectivity index (χ1n) is 6.00. The molecule has 0 aromatic heterocycles. The third-order valence-corrected chi connectivity index (χ3v) is 5.22. The fourth-order valence-corrected chi connectivity index (χ4v) is 3.78. The summed E-state index contributed by atoms with van der Waals surface area (Å²) in [6, 6.07) is 6.83. The number of hydrogen-bond donors (Lipinski definition) is 1. The molecule has 1 aliphatic rings. The molecule has 4 atom stereocenters. The average Bonchev–Trinajstić information content (AvgIpc) is 2.34. The van der Waals surface area contributed by atoms with Crippen LogP contribution in [0.5, 0.6) is 0 Å². The van der Waals surface area contributed by atoms with Crippen LogP contribution in [0, 0.1) is 5.82 Å². The molecule has 1 fully saturated rings. The van der Waals surface area contributed by atoms with Gasteiger partial charge in [0, 0.05) is 28.6 Å². The van der Waals surface area contributed by atoms with Crippen molar-refractivity contribution < 1.29 is 8.60 Å². The Morgan fingerprint density at radius 2 is 2.06 bits per heavy atom. The topological polar surface area (TPSA) is 29.1 Å². The molecule has 1 aliphatic heterocycles. The Kier molecular flexibility index (Phi) is 3.94. The number of nitrogens with one attached hydrogen (secondary N) is 1. The van der Waals surface area contributed by atoms with Crippen LogP contribution < -0.4 is 5.32 Å². The van der Waals surface area contributed by atoms with Gasteiger partial charge < -0.3 is 5.32 Å². The summed E-state index contributed by atoms with van der Waals surface area (Å²) in [5.74, 6) is 0.486. The Hall–Kier alpha value is -0.740. The summed E-state index contributed by atoms with van der Waals surface area (Å²) in [4.78, 5) is 0. The lowest BCUT2D eigenvalue weighted by atomic mass is 10.0. The fraction of sp³-hybridized carbons (Fsp3) is 0.538. The van der Waals surface area contributed by atoms with Crippen molar-refractivity contribution >= 4 is 10.8 Å². The molecule has 0 radical (unpaired) electrons. The molecule has 2 rings (SSSR count). The van der Waals surface area contributed by atoms with E-state index in [1.807, 2.05) is 6.92 Å². The second-order valence-electron chi connectivity index (χ2n) is 4.55. The lowest BCUT2D eigenvalue weighted by Crippen LogP contribution is -2.48. The van der Waals surface area contributed by atoms with Gasteiger partial charge in [-0.05, 0) is 31.0 Å². The summed E-state index contributed by atoms with van der Waals surface area (Å²) in [6.07, 6.45) is 0.968. The van der Waals surface area contributed by atoms with Gasteiger partial charge in [0.25, 0.3) is 0 Å². The van der Waals surface area contributed by atoms with E-state index in [0.717, 1.165) is 17.7 Å². The molecule has 0 spiro atoms. The zero-order valence-corrected chi connectivity index (χ0v) is 11.0. The number of rotatable bonds is 2. The molecule has 4 unspecified atom stereocenters. The second kappa shape index (κ2) is 5.27. The first-order chi connectivity index (χ1) is 8.11. The summed E-state index contributed by atoms with van der Waals surface area (Å²) < 4.78 is 24.9. The molecule has 1 aromatic carbocycles. The summed E-state index contributed by atoms with van der Waals surface area (Å²) in [6.45, 7) is 4.08. The molecule has 17 heavy (non-hydrogen) atoms. The van der Waals surface area contributed by atoms with Gasteiger partial charge in [-0.15, -0.1) is 0 Å². The predicted octanol–water partition coefficient (Wildman–Crippen LogP) is 2.39. The van der Waals surface area contributed by atoms with E-state index in [4.69, 9.17) is 0 Å². The second-order valence-corrected chi connectivity index (χ2v) is 6.39. The molecule has 94 valence electrons. The maximum atomic E-state index is 12.9. The normalized spacial score (nSPS) is 33.6. The van der Waals surface area contributed by atoms with Crippen LogP contribution in [0.1, 0.15) is 31.9 Å². The maximum Gasteiger partial charge on any atom is 0.123 e. The number of benzene rings is 1. The zero-order valence-electron chi connectivity index (χ0n) is 10.2. The van der Waals surface area contributed by atoms with Crippen LogP contribution in [0.3, 0.4) is 0 Å². The van der Waals surface area contributed by atoms with Crippen LogP contribution in [0.25, 0.3) is 0 Å². The van der Waals surface area contributed by atoms with E-state index in [2.05, 4.69) is 12.2 Å². The Labute approximate surface area is 104 Å². The molecular formula is C13H18FNOS. The highest BCUT2D eigenvalue weighted by Gasteiger charge is 2.32. The van der Waals surface area contributed by atoms with Gasteiger partial charge in [0.1, 0.15) is 5.82 Å². The van der Waals surface area contributed by atoms with E-state index in [0.29, 0.717) is 6.04 Å². The van der Waals surface area contributed by atoms with E-state index in [9.17, 15) is 8.60 Å². The van der Waals surface area contributed by atoms with Gasteiger partial charge in [-0.25, -0.2) is 4.39 Å². The van der Waals surface area contributed by atoms with Crippen molar-refractivity contribution in [1.82, 2.24) is 5.32 Å². The largest absolute Gasteiger partial charge is 0.305 e. The van der Waals surface area contributed by atoms with Gasteiger partial charge in [0.2, 0.25) is 0 Å². The molecule has 1 heterocycles. The van der Waals surface area contributed by atoms with Crippen molar-refractivity contribution in [1.29, 1.82) is 0 Å². The van der Waals surface area contributed by atoms with Crippen LogP contribution in [0.2, 0.25) is 0 Å². The molecule has 1 aromatic rings. The molecule has 1 N–H and O–H groups in total. The molecule has 0 aliphatic carbocycles. The summed E-state index contributed by atoms with van der Waals surface area (Å²) in [5.41, 5.74) is 1.02. The van der Waals surface area contributed by atoms with E-state index in [1.54, 1.807) is 12.1 Å². The van der Waals surface area contributed by atoms with Crippen LogP contribution >= 0.6 is 0 Å². The highest BCUT2D eigenvalue weighted by Crippen LogP contribution is 2.26. The van der Waals surface area contributed by atoms with E-state index < -0.39 is 10.8 Å². The maximum absolute atomic E-state index is 12.9. The minimum Gasteiger partial charge on any atom is -0.305 e. The zero-order chi connectivity index (χ0) is 12.4. The lowest BCUT2D eigenvalue weighted by molar-refractivity contribution is 0.420. The van der Waals surface area contributed by atoms with Crippen molar-refractivity contribution in [2.45, 2.75) is 37.6 Å². The molecular weight excluding hydrogens is 237 g/mol. The molecule has 0 amide bonds. The third-order valence-electron chi connectivity index (χ3n) is 3.39. The van der Waals surface area contributed by atoms with Crippen molar-refractivity contribution in [3.05, 3.63) is 35.6 Å². The molecule has 1 saturated heterocycles. The highest BCUT2D eigenvalue weighted by molar-refractivity contribution is 7.85. The van der Waals surface area contributed by atoms with E-state index >= 15 is 0 Å². The summed E-state index contributed by atoms with van der Waals surface area (Å²) in [7, 11) is -0.807. The van der Waals surface area contributed by atoms with Crippen LogP contribution in [0.15, 0.2) is 24.3 Å². The summed E-state index contributed by atoms with van der Waals surface area (Å²) in [5, 5.41) is 3.58. The quantitative estimate of drug-likeness (QED) is 0.879. The minimum atomic E-state index is -0.807. The monoisotopic (exact) mass is 255 g/mol. The predicted molar refractivity (Wildman–Crippen MR) is 68.8 cm³/mol. The molecule has 0 saturated carbocycles. The third kappa shape index (κ3) is 2.75. The van der Waals surface area contributed by atoms with Gasteiger partial charge >= 0.3 is 0 Å². The van der Waals surface area contributed by atoms with Crippen LogP contribution in [-0.4, -0.2) is 21.3 Å². The molecule has 0 bridgehead atoms. The first kappa shape index (κ1) is 12.7. The smallest absolute Gasteiger partial charge is 0.123 e. The van der Waals surface area contributed by atoms with E-state index in [1.165, 1.54) is 12.1 Å². The van der Waals surface area contributed by atoms with Gasteiger partial charge in [0.05, 0.1) is 5.25 Å². The fourth-order valence-electron chi connectivity index (χ4n) is 2.21. The molecule has 2 nitrogen and oxygen atoms in total. The van der Waals surface area contributed by atoms with Gasteiger partial charge in [0.15, 0.2) is 0 Å². The summed E-state index contributed by atoms with van der Waals surface area (Å²) >= 11 is 0. The lowest BCUT2D eigenvalue weighted by Gasteiger charge is -2.35. The SMILES string of the molecule is CCC1CS(=O)C(C)C(c2ccc(F)cc2)N1. The standard InChI is InChI=1S/C13H18FNOS/c1-3-12-8-17(16)9(2)13(15-12)10-4-6-11(14)7-5-10/h4-7,9,12-13,15H,3,8H2,1-2H3. The Bertz CT molecular complexity index is 406. The highest BCUT2D eigenvalue weighted by atomic mass is 32.2. The minimum absolute atomic E-state index is 0.0649. The Morgan fingerprint density at radius 3 is 2.65 bits per heavy atom. The van der Waals surface area contributed by atoms with Gasteiger partial charge in [-0.3, -0.25) is 4.21 Å². The van der Waals surface area contributed by atoms with Crippen molar-refractivity contribution in [2.24, 2.45) is 0 Å². The van der Waals surface area contributed by atoms with Crippen LogP contribution in [-0.2, 0) is 10.8 Å². The van der Waals surface area contributed by atoms with Gasteiger partial charge in [-0.1, -0.05) is 19.1 Å².